The van der Waals surface area contributed by atoms with E-state index in [-0.39, 0.29) is 18.5 Å². The number of hydrogen-bond donors (Lipinski definition) is 3. The molecule has 2 atom stereocenters. The van der Waals surface area contributed by atoms with E-state index < -0.39 is 12.1 Å². The van der Waals surface area contributed by atoms with Gasteiger partial charge in [-0.15, -0.1) is 0 Å². The fourth-order valence-electron chi connectivity index (χ4n) is 9.51. The third kappa shape index (κ3) is 53.7. The fraction of sp³-hybridized carbons (Fsp3) is 0.903. The average molecular weight is 959 g/mol. The lowest BCUT2D eigenvalue weighted by Crippen LogP contribution is -2.45. The Morgan fingerprint density at radius 3 is 1.04 bits per heavy atom. The van der Waals surface area contributed by atoms with Crippen molar-refractivity contribution in [2.24, 2.45) is 0 Å². The predicted molar refractivity (Wildman–Crippen MR) is 296 cm³/mol. The van der Waals surface area contributed by atoms with Crippen LogP contribution in [0.1, 0.15) is 335 Å². The molecule has 0 saturated heterocycles. The molecule has 0 fully saturated rings. The maximum atomic E-state index is 12.5. The Labute approximate surface area is 424 Å². The van der Waals surface area contributed by atoms with Crippen LogP contribution in [0.25, 0.3) is 0 Å². The first-order valence-corrected chi connectivity index (χ1v) is 30.6. The second-order valence-electron chi connectivity index (χ2n) is 21.0. The normalized spacial score (nSPS) is 12.7. The van der Waals surface area contributed by atoms with E-state index in [2.05, 4.69) is 31.3 Å². The summed E-state index contributed by atoms with van der Waals surface area (Å²) in [6, 6.07) is -0.637. The molecule has 0 saturated carbocycles. The van der Waals surface area contributed by atoms with E-state index in [1.54, 1.807) is 6.08 Å². The molecule has 0 spiro atoms. The average Bonchev–Trinajstić information content (AvgIpc) is 3.34. The number of aliphatic hydroxyl groups excluding tert-OH is 2. The summed E-state index contributed by atoms with van der Waals surface area (Å²) in [7, 11) is 0. The van der Waals surface area contributed by atoms with Gasteiger partial charge in [0.15, 0.2) is 0 Å². The highest BCUT2D eigenvalue weighted by Crippen LogP contribution is 2.17. The van der Waals surface area contributed by atoms with E-state index in [4.69, 9.17) is 4.74 Å². The van der Waals surface area contributed by atoms with Gasteiger partial charge in [0.25, 0.3) is 0 Å². The molecule has 1 amide bonds. The Morgan fingerprint density at radius 2 is 0.691 bits per heavy atom. The summed E-state index contributed by atoms with van der Waals surface area (Å²) in [6.45, 7) is 4.91. The lowest BCUT2D eigenvalue weighted by molar-refractivity contribution is -0.143. The molecule has 0 rings (SSSR count). The Morgan fingerprint density at radius 1 is 0.397 bits per heavy atom. The van der Waals surface area contributed by atoms with Crippen LogP contribution in [0.4, 0.5) is 0 Å². The monoisotopic (exact) mass is 958 g/mol. The fourth-order valence-corrected chi connectivity index (χ4v) is 9.51. The summed E-state index contributed by atoms with van der Waals surface area (Å²) in [5.41, 5.74) is 0. The van der Waals surface area contributed by atoms with Gasteiger partial charge in [-0.05, 0) is 57.8 Å². The van der Waals surface area contributed by atoms with Crippen LogP contribution in [0.2, 0.25) is 0 Å². The quantitative estimate of drug-likeness (QED) is 0.0321. The topological polar surface area (TPSA) is 95.9 Å². The minimum absolute atomic E-state index is 0.00159. The summed E-state index contributed by atoms with van der Waals surface area (Å²) >= 11 is 0. The van der Waals surface area contributed by atoms with Crippen molar-refractivity contribution in [2.75, 3.05) is 13.2 Å². The van der Waals surface area contributed by atoms with Crippen LogP contribution in [0, 0.1) is 0 Å². The van der Waals surface area contributed by atoms with E-state index >= 15 is 0 Å². The number of aliphatic hydroxyl groups is 2. The first-order valence-electron chi connectivity index (χ1n) is 30.6. The zero-order chi connectivity index (χ0) is 49.3. The number of hydrogen-bond acceptors (Lipinski definition) is 5. The lowest BCUT2D eigenvalue weighted by atomic mass is 10.0. The molecule has 6 nitrogen and oxygen atoms in total. The number of rotatable bonds is 57. The van der Waals surface area contributed by atoms with E-state index in [1.807, 2.05) is 6.08 Å². The molecule has 0 aromatic rings. The highest BCUT2D eigenvalue weighted by atomic mass is 16.5. The largest absolute Gasteiger partial charge is 0.466 e. The number of carbonyl (C=O) groups excluding carboxylic acids is 2. The number of allylic oxidation sites excluding steroid dienone is 3. The third-order valence-corrected chi connectivity index (χ3v) is 14.2. The van der Waals surface area contributed by atoms with Gasteiger partial charge in [-0.3, -0.25) is 9.59 Å². The molecule has 0 radical (unpaired) electrons. The minimum Gasteiger partial charge on any atom is -0.466 e. The SMILES string of the molecule is CCCCCCCCCCCCCCCCC/C=C/C(O)C(CO)NC(=O)CCCCCCCCC/C=C\CCCCCCCCOC(=O)CCCCCCCCCCCCCCCCCCC. The van der Waals surface area contributed by atoms with Crippen molar-refractivity contribution < 1.29 is 24.5 Å². The molecule has 0 aromatic carbocycles. The zero-order valence-corrected chi connectivity index (χ0v) is 45.9. The van der Waals surface area contributed by atoms with Gasteiger partial charge in [0.1, 0.15) is 0 Å². The van der Waals surface area contributed by atoms with Crippen molar-refractivity contribution in [3.8, 4) is 0 Å². The second kappa shape index (κ2) is 57.9. The van der Waals surface area contributed by atoms with E-state index in [0.717, 1.165) is 57.8 Å². The summed E-state index contributed by atoms with van der Waals surface area (Å²) < 4.78 is 5.48. The number of ether oxygens (including phenoxy) is 1. The van der Waals surface area contributed by atoms with Gasteiger partial charge in [0.05, 0.1) is 25.4 Å². The van der Waals surface area contributed by atoms with Crippen molar-refractivity contribution in [3.05, 3.63) is 24.3 Å². The Bertz CT molecular complexity index is 1060. The van der Waals surface area contributed by atoms with Crippen molar-refractivity contribution in [1.82, 2.24) is 5.32 Å². The van der Waals surface area contributed by atoms with E-state index in [1.165, 1.54) is 250 Å². The van der Waals surface area contributed by atoms with Gasteiger partial charge in [-0.1, -0.05) is 289 Å². The van der Waals surface area contributed by atoms with Crippen LogP contribution in [0.15, 0.2) is 24.3 Å². The number of esters is 1. The molecule has 0 aromatic heterocycles. The van der Waals surface area contributed by atoms with Gasteiger partial charge < -0.3 is 20.3 Å². The van der Waals surface area contributed by atoms with Gasteiger partial charge in [0, 0.05) is 12.8 Å². The van der Waals surface area contributed by atoms with Crippen LogP contribution in [-0.4, -0.2) is 47.4 Å². The predicted octanol–water partition coefficient (Wildman–Crippen LogP) is 19.0. The van der Waals surface area contributed by atoms with Crippen LogP contribution >= 0.6 is 0 Å². The summed E-state index contributed by atoms with van der Waals surface area (Å²) in [5.74, 6) is -0.0762. The summed E-state index contributed by atoms with van der Waals surface area (Å²) in [5, 5.41) is 23.1. The maximum absolute atomic E-state index is 12.5. The van der Waals surface area contributed by atoms with Crippen LogP contribution < -0.4 is 5.32 Å². The highest BCUT2D eigenvalue weighted by Gasteiger charge is 2.18. The summed E-state index contributed by atoms with van der Waals surface area (Å²) in [6.07, 6.45) is 70.6. The van der Waals surface area contributed by atoms with Crippen LogP contribution in [0.5, 0.6) is 0 Å². The molecule has 2 unspecified atom stereocenters. The molecule has 0 heterocycles. The summed E-state index contributed by atoms with van der Waals surface area (Å²) in [4.78, 5) is 24.5. The minimum atomic E-state index is -0.852. The van der Waals surface area contributed by atoms with Gasteiger partial charge in [-0.2, -0.15) is 0 Å². The number of amides is 1. The smallest absolute Gasteiger partial charge is 0.305 e. The van der Waals surface area contributed by atoms with Crippen molar-refractivity contribution >= 4 is 11.9 Å². The molecule has 0 aliphatic carbocycles. The number of nitrogens with one attached hydrogen (secondary N) is 1. The molecule has 3 N–H and O–H groups in total. The number of carbonyl (C=O) groups is 2. The first-order chi connectivity index (χ1) is 33.5. The van der Waals surface area contributed by atoms with Gasteiger partial charge >= 0.3 is 5.97 Å². The molecule has 0 aliphatic heterocycles. The van der Waals surface area contributed by atoms with Crippen molar-refractivity contribution in [1.29, 1.82) is 0 Å². The molecular formula is C62H119NO5. The zero-order valence-electron chi connectivity index (χ0n) is 45.9. The third-order valence-electron chi connectivity index (χ3n) is 14.2. The molecule has 68 heavy (non-hydrogen) atoms. The van der Waals surface area contributed by atoms with Crippen LogP contribution in [0.3, 0.4) is 0 Å². The highest BCUT2D eigenvalue weighted by molar-refractivity contribution is 5.76. The van der Waals surface area contributed by atoms with Gasteiger partial charge in [0.2, 0.25) is 5.91 Å². The molecule has 0 aliphatic rings. The number of unbranched alkanes of at least 4 members (excludes halogenated alkanes) is 44. The lowest BCUT2D eigenvalue weighted by Gasteiger charge is -2.20. The molecule has 6 heteroatoms. The Kier molecular flexibility index (Phi) is 56.5. The van der Waals surface area contributed by atoms with Crippen LogP contribution in [-0.2, 0) is 14.3 Å². The van der Waals surface area contributed by atoms with E-state index in [0.29, 0.717) is 19.4 Å². The first kappa shape index (κ1) is 66.3. The standard InChI is InChI=1S/C62H119NO5/c1-3-5-7-9-11-13-15-17-19-22-26-30-34-38-42-46-50-54-60(65)59(58-64)63-61(66)55-51-47-43-39-35-31-27-24-21-25-29-33-37-41-45-49-53-57-68-62(67)56-52-48-44-40-36-32-28-23-20-18-16-14-12-10-8-6-4-2/h21,25,50,54,59-60,64-65H,3-20,22-24,26-49,51-53,55-58H2,1-2H3,(H,63,66)/b25-21-,54-50+. The Balaban J connectivity index is 3.46. The molecule has 402 valence electrons. The molecular weight excluding hydrogens is 839 g/mol. The van der Waals surface area contributed by atoms with Gasteiger partial charge in [-0.25, -0.2) is 0 Å². The van der Waals surface area contributed by atoms with Crippen molar-refractivity contribution in [3.63, 3.8) is 0 Å². The maximum Gasteiger partial charge on any atom is 0.305 e. The Hall–Kier alpha value is -1.66. The van der Waals surface area contributed by atoms with E-state index in [9.17, 15) is 19.8 Å². The van der Waals surface area contributed by atoms with Crippen molar-refractivity contribution in [2.45, 2.75) is 347 Å². The second-order valence-corrected chi connectivity index (χ2v) is 21.0. The molecule has 0 bridgehead atoms.